The molecule has 0 aliphatic rings. The van der Waals surface area contributed by atoms with Crippen molar-refractivity contribution in [1.82, 2.24) is 5.32 Å². The summed E-state index contributed by atoms with van der Waals surface area (Å²) in [4.78, 5) is 10.7. The Kier molecular flexibility index (Phi) is 6.81. The first-order valence-corrected chi connectivity index (χ1v) is 8.05. The van der Waals surface area contributed by atoms with Crippen LogP contribution in [0.2, 0.25) is 0 Å². The average Bonchev–Trinajstić information content (AvgIpc) is 2.63. The number of benzene rings is 2. The van der Waals surface area contributed by atoms with Crippen LogP contribution >= 0.6 is 0 Å². The van der Waals surface area contributed by atoms with Gasteiger partial charge in [-0.3, -0.25) is 4.79 Å². The lowest BCUT2D eigenvalue weighted by Crippen LogP contribution is -2.37. The van der Waals surface area contributed by atoms with Crippen molar-refractivity contribution in [2.45, 2.75) is 25.1 Å². The van der Waals surface area contributed by atoms with Crippen molar-refractivity contribution in [1.29, 1.82) is 0 Å². The van der Waals surface area contributed by atoms with E-state index in [0.717, 1.165) is 5.56 Å². The Morgan fingerprint density at radius 3 is 2.54 bits per heavy atom. The summed E-state index contributed by atoms with van der Waals surface area (Å²) < 4.78 is 36.2. The van der Waals surface area contributed by atoms with Crippen molar-refractivity contribution < 1.29 is 23.1 Å². The molecule has 2 aromatic rings. The van der Waals surface area contributed by atoms with Crippen LogP contribution in [0.1, 0.15) is 29.2 Å². The highest BCUT2D eigenvalue weighted by atomic mass is 19.4. The van der Waals surface area contributed by atoms with Gasteiger partial charge in [-0.1, -0.05) is 54.3 Å². The molecule has 1 atom stereocenters. The lowest BCUT2D eigenvalue weighted by molar-refractivity contribution is -0.173. The number of nitrogens with one attached hydrogen (secondary N) is 1. The summed E-state index contributed by atoms with van der Waals surface area (Å²) in [7, 11) is 0. The van der Waals surface area contributed by atoms with Crippen molar-refractivity contribution in [3.8, 4) is 11.8 Å². The van der Waals surface area contributed by atoms with E-state index in [-0.39, 0.29) is 6.54 Å². The van der Waals surface area contributed by atoms with Gasteiger partial charge < -0.3 is 10.4 Å². The molecule has 1 amide bonds. The fourth-order valence-electron chi connectivity index (χ4n) is 2.27. The van der Waals surface area contributed by atoms with Crippen LogP contribution in [-0.2, 0) is 11.2 Å². The van der Waals surface area contributed by atoms with Gasteiger partial charge in [0.15, 0.2) is 0 Å². The first-order chi connectivity index (χ1) is 12.4. The second-order valence-corrected chi connectivity index (χ2v) is 5.64. The molecule has 0 spiro atoms. The highest BCUT2D eigenvalue weighted by molar-refractivity contribution is 5.81. The maximum Gasteiger partial charge on any atom is 0.471 e. The van der Waals surface area contributed by atoms with Gasteiger partial charge >= 0.3 is 12.1 Å². The number of aliphatic hydroxyl groups excluding tert-OH is 1. The largest absolute Gasteiger partial charge is 0.471 e. The predicted octanol–water partition coefficient (Wildman–Crippen LogP) is 3.38. The number of amides is 1. The number of alkyl halides is 3. The van der Waals surface area contributed by atoms with Gasteiger partial charge in [-0.05, 0) is 36.1 Å². The fourth-order valence-corrected chi connectivity index (χ4v) is 2.27. The van der Waals surface area contributed by atoms with Gasteiger partial charge in [-0.15, -0.1) is 0 Å². The summed E-state index contributed by atoms with van der Waals surface area (Å²) in [6, 6.07) is 16.3. The van der Waals surface area contributed by atoms with E-state index in [1.807, 2.05) is 35.6 Å². The molecule has 0 saturated carbocycles. The highest BCUT2D eigenvalue weighted by Crippen LogP contribution is 2.14. The second kappa shape index (κ2) is 9.07. The molecule has 0 unspecified atom stereocenters. The second-order valence-electron chi connectivity index (χ2n) is 5.64. The molecule has 2 aromatic carbocycles. The van der Waals surface area contributed by atoms with Crippen molar-refractivity contribution in [2.75, 3.05) is 6.54 Å². The molecule has 0 aliphatic carbocycles. The first-order valence-electron chi connectivity index (χ1n) is 8.05. The zero-order chi connectivity index (χ0) is 19.0. The summed E-state index contributed by atoms with van der Waals surface area (Å²) >= 11 is 0. The summed E-state index contributed by atoms with van der Waals surface area (Å²) in [5.41, 5.74) is 2.31. The van der Waals surface area contributed by atoms with Gasteiger partial charge in [0.2, 0.25) is 0 Å². The van der Waals surface area contributed by atoms with E-state index in [1.165, 1.54) is 0 Å². The Bertz CT molecular complexity index is 792. The Hall–Kier alpha value is -2.78. The molecular weight excluding hydrogens is 343 g/mol. The van der Waals surface area contributed by atoms with Crippen LogP contribution in [0.4, 0.5) is 13.2 Å². The average molecular weight is 361 g/mol. The third-order valence-electron chi connectivity index (χ3n) is 3.58. The van der Waals surface area contributed by atoms with E-state index in [1.54, 1.807) is 24.3 Å². The van der Waals surface area contributed by atoms with Gasteiger partial charge in [0, 0.05) is 12.1 Å². The Morgan fingerprint density at radius 2 is 1.85 bits per heavy atom. The minimum Gasteiger partial charge on any atom is -0.376 e. The number of hydrogen-bond acceptors (Lipinski definition) is 2. The molecule has 6 heteroatoms. The summed E-state index contributed by atoms with van der Waals surface area (Å²) in [6.07, 6.45) is -4.85. The fraction of sp³-hybridized carbons (Fsp3) is 0.250. The summed E-state index contributed by atoms with van der Waals surface area (Å²) in [5.74, 6) is 3.73. The van der Waals surface area contributed by atoms with Gasteiger partial charge in [-0.25, -0.2) is 0 Å². The standard InChI is InChI=1S/C20H18F3NO2/c21-20(22,23)19(26)24-13-5-8-15-6-4-7-16(14-15)11-12-18(25)17-9-2-1-3-10-17/h1-4,6-7,9-10,14,18,25H,5,8,13H2,(H,24,26)/t18-/m1/s1. The highest BCUT2D eigenvalue weighted by Gasteiger charge is 2.38. The lowest BCUT2D eigenvalue weighted by atomic mass is 10.1. The first kappa shape index (κ1) is 19.5. The van der Waals surface area contributed by atoms with Gasteiger partial charge in [0.05, 0.1) is 0 Å². The van der Waals surface area contributed by atoms with Gasteiger partial charge in [0.1, 0.15) is 6.10 Å². The maximum atomic E-state index is 12.1. The SMILES string of the molecule is O=C(NCCCc1cccc(C#C[C@@H](O)c2ccccc2)c1)C(F)(F)F. The summed E-state index contributed by atoms with van der Waals surface area (Å²) in [5, 5.41) is 11.9. The molecule has 26 heavy (non-hydrogen) atoms. The van der Waals surface area contributed by atoms with E-state index < -0.39 is 18.2 Å². The van der Waals surface area contributed by atoms with E-state index in [0.29, 0.717) is 24.0 Å². The van der Waals surface area contributed by atoms with E-state index >= 15 is 0 Å². The van der Waals surface area contributed by atoms with Gasteiger partial charge in [0.25, 0.3) is 0 Å². The van der Waals surface area contributed by atoms with Crippen molar-refractivity contribution in [3.63, 3.8) is 0 Å². The number of hydrogen-bond donors (Lipinski definition) is 2. The molecule has 136 valence electrons. The molecule has 2 N–H and O–H groups in total. The molecule has 0 aliphatic heterocycles. The molecule has 0 bridgehead atoms. The Labute approximate surface area is 149 Å². The van der Waals surface area contributed by atoms with Crippen LogP contribution in [0, 0.1) is 11.8 Å². The monoisotopic (exact) mass is 361 g/mol. The third kappa shape index (κ3) is 6.26. The number of carbonyl (C=O) groups excluding carboxylic acids is 1. The number of carbonyl (C=O) groups is 1. The number of rotatable bonds is 5. The van der Waals surface area contributed by atoms with E-state index in [2.05, 4.69) is 11.8 Å². The normalized spacial score (nSPS) is 12.0. The number of aryl methyl sites for hydroxylation is 1. The minimum atomic E-state index is -4.85. The molecule has 2 rings (SSSR count). The van der Waals surface area contributed by atoms with Gasteiger partial charge in [-0.2, -0.15) is 13.2 Å². The zero-order valence-corrected chi connectivity index (χ0v) is 13.9. The molecule has 0 saturated heterocycles. The van der Waals surface area contributed by atoms with Crippen LogP contribution in [0.5, 0.6) is 0 Å². The molecule has 0 fully saturated rings. The van der Waals surface area contributed by atoms with Crippen molar-refractivity contribution in [3.05, 3.63) is 71.3 Å². The zero-order valence-electron chi connectivity index (χ0n) is 13.9. The molecule has 0 radical (unpaired) electrons. The third-order valence-corrected chi connectivity index (χ3v) is 3.58. The minimum absolute atomic E-state index is 0.0546. The van der Waals surface area contributed by atoms with Crippen LogP contribution in [0.15, 0.2) is 54.6 Å². The van der Waals surface area contributed by atoms with Crippen molar-refractivity contribution in [2.24, 2.45) is 0 Å². The van der Waals surface area contributed by atoms with Crippen LogP contribution in [-0.4, -0.2) is 23.7 Å². The summed E-state index contributed by atoms with van der Waals surface area (Å²) in [6.45, 7) is -0.0546. The van der Waals surface area contributed by atoms with Crippen LogP contribution < -0.4 is 5.32 Å². The number of aliphatic hydroxyl groups is 1. The molecule has 0 heterocycles. The number of halogens is 3. The Morgan fingerprint density at radius 1 is 1.12 bits per heavy atom. The van der Waals surface area contributed by atoms with Crippen LogP contribution in [0.3, 0.4) is 0 Å². The smallest absolute Gasteiger partial charge is 0.376 e. The molecule has 3 nitrogen and oxygen atoms in total. The quantitative estimate of drug-likeness (QED) is 0.634. The van der Waals surface area contributed by atoms with E-state index in [4.69, 9.17) is 0 Å². The predicted molar refractivity (Wildman–Crippen MR) is 92.1 cm³/mol. The van der Waals surface area contributed by atoms with E-state index in [9.17, 15) is 23.1 Å². The Balaban J connectivity index is 1.88. The lowest BCUT2D eigenvalue weighted by Gasteiger charge is -2.07. The van der Waals surface area contributed by atoms with Crippen molar-refractivity contribution >= 4 is 5.91 Å². The maximum absolute atomic E-state index is 12.1. The molecule has 0 aromatic heterocycles. The van der Waals surface area contributed by atoms with Crippen LogP contribution in [0.25, 0.3) is 0 Å². The topological polar surface area (TPSA) is 49.3 Å². The molecular formula is C20H18F3NO2.